The predicted octanol–water partition coefficient (Wildman–Crippen LogP) is 2.10. The molecule has 0 spiro atoms. The molecule has 0 aliphatic carbocycles. The van der Waals surface area contributed by atoms with E-state index < -0.39 is 0 Å². The summed E-state index contributed by atoms with van der Waals surface area (Å²) >= 11 is 5.16. The number of methoxy groups -OCH3 is 2. The van der Waals surface area contributed by atoms with Crippen LogP contribution in [0.3, 0.4) is 0 Å². The molecular weight excluding hydrogens is 252 g/mol. The van der Waals surface area contributed by atoms with Crippen LogP contribution in [0.25, 0.3) is 10.9 Å². The van der Waals surface area contributed by atoms with E-state index in [9.17, 15) is 4.79 Å². The van der Waals surface area contributed by atoms with Crippen molar-refractivity contribution in [1.29, 1.82) is 0 Å². The highest BCUT2D eigenvalue weighted by Crippen LogP contribution is 2.27. The van der Waals surface area contributed by atoms with Gasteiger partial charge in [0, 0.05) is 12.6 Å². The molecule has 18 heavy (non-hydrogen) atoms. The van der Waals surface area contributed by atoms with Crippen molar-refractivity contribution in [3.8, 4) is 11.5 Å². The van der Waals surface area contributed by atoms with Gasteiger partial charge in [-0.05, 0) is 25.2 Å². The maximum Gasteiger partial charge on any atom is 0.262 e. The Morgan fingerprint density at radius 1 is 1.33 bits per heavy atom. The first-order chi connectivity index (χ1) is 8.62. The predicted molar refractivity (Wildman–Crippen MR) is 72.2 cm³/mol. The highest BCUT2D eigenvalue weighted by atomic mass is 32.1. The van der Waals surface area contributed by atoms with E-state index in [2.05, 4.69) is 4.98 Å². The topological polar surface area (TPSA) is 56.2 Å². The van der Waals surface area contributed by atoms with Crippen LogP contribution in [0.15, 0.2) is 16.9 Å². The zero-order valence-corrected chi connectivity index (χ0v) is 11.3. The Labute approximate surface area is 109 Å². The lowest BCUT2D eigenvalue weighted by Crippen LogP contribution is -2.21. The molecule has 0 atom stereocenters. The number of fused-ring (bicyclic) bond motifs is 1. The van der Waals surface area contributed by atoms with Crippen LogP contribution in [0.5, 0.6) is 11.5 Å². The minimum absolute atomic E-state index is 0.145. The molecule has 2 aromatic rings. The second-order valence-corrected chi connectivity index (χ2v) is 4.12. The van der Waals surface area contributed by atoms with E-state index >= 15 is 0 Å². The van der Waals surface area contributed by atoms with Crippen LogP contribution >= 0.6 is 12.2 Å². The van der Waals surface area contributed by atoms with Crippen LogP contribution < -0.4 is 15.0 Å². The molecule has 96 valence electrons. The van der Waals surface area contributed by atoms with Crippen molar-refractivity contribution in [3.63, 3.8) is 0 Å². The molecule has 5 nitrogen and oxygen atoms in total. The molecule has 1 heterocycles. The molecule has 0 saturated carbocycles. The zero-order valence-electron chi connectivity index (χ0n) is 10.4. The quantitative estimate of drug-likeness (QED) is 0.864. The molecule has 0 saturated heterocycles. The van der Waals surface area contributed by atoms with E-state index in [1.54, 1.807) is 19.2 Å². The Balaban J connectivity index is 2.97. The first kappa shape index (κ1) is 12.6. The van der Waals surface area contributed by atoms with Crippen molar-refractivity contribution < 1.29 is 9.47 Å². The van der Waals surface area contributed by atoms with Gasteiger partial charge in [-0.15, -0.1) is 0 Å². The van der Waals surface area contributed by atoms with E-state index in [0.717, 1.165) is 0 Å². The van der Waals surface area contributed by atoms with Gasteiger partial charge >= 0.3 is 0 Å². The fourth-order valence-electron chi connectivity index (χ4n) is 1.87. The van der Waals surface area contributed by atoms with Crippen molar-refractivity contribution in [3.05, 3.63) is 27.3 Å². The van der Waals surface area contributed by atoms with Crippen LogP contribution in [0.1, 0.15) is 6.92 Å². The number of hydrogen-bond acceptors (Lipinski definition) is 4. The minimum atomic E-state index is -0.145. The number of rotatable bonds is 3. The third kappa shape index (κ3) is 1.88. The number of nitrogens with one attached hydrogen (secondary N) is 1. The summed E-state index contributed by atoms with van der Waals surface area (Å²) in [5, 5.41) is 0.502. The Morgan fingerprint density at radius 2 is 2.06 bits per heavy atom. The number of ether oxygens (including phenoxy) is 2. The molecule has 6 heteroatoms. The lowest BCUT2D eigenvalue weighted by atomic mass is 10.2. The van der Waals surface area contributed by atoms with Crippen LogP contribution in [0, 0.1) is 4.77 Å². The average molecular weight is 266 g/mol. The van der Waals surface area contributed by atoms with Gasteiger partial charge in [0.15, 0.2) is 4.77 Å². The SMILES string of the molecule is CCn1c(=S)[nH]c2c(OC)cc(OC)cc2c1=O. The van der Waals surface area contributed by atoms with Crippen molar-refractivity contribution in [2.24, 2.45) is 0 Å². The Bertz CT molecular complexity index is 703. The number of aromatic nitrogens is 2. The first-order valence-corrected chi connectivity index (χ1v) is 5.92. The highest BCUT2D eigenvalue weighted by Gasteiger charge is 2.11. The third-order valence-electron chi connectivity index (χ3n) is 2.80. The van der Waals surface area contributed by atoms with Gasteiger partial charge in [0.1, 0.15) is 11.5 Å². The van der Waals surface area contributed by atoms with Crippen molar-refractivity contribution in [1.82, 2.24) is 9.55 Å². The van der Waals surface area contributed by atoms with Gasteiger partial charge in [0.2, 0.25) is 0 Å². The van der Waals surface area contributed by atoms with Crippen LogP contribution in [-0.2, 0) is 6.54 Å². The van der Waals surface area contributed by atoms with E-state index in [1.807, 2.05) is 6.92 Å². The second kappa shape index (κ2) is 4.81. The maximum absolute atomic E-state index is 12.3. The molecule has 0 fully saturated rings. The molecule has 0 radical (unpaired) electrons. The van der Waals surface area contributed by atoms with Crippen molar-refractivity contribution >= 4 is 23.1 Å². The molecular formula is C12H14N2O3S. The number of nitrogens with zero attached hydrogens (tertiary/aromatic N) is 1. The molecule has 1 N–H and O–H groups in total. The normalized spacial score (nSPS) is 10.6. The lowest BCUT2D eigenvalue weighted by molar-refractivity contribution is 0.397. The van der Waals surface area contributed by atoms with Crippen molar-refractivity contribution in [2.45, 2.75) is 13.5 Å². The van der Waals surface area contributed by atoms with E-state index in [1.165, 1.54) is 11.7 Å². The van der Waals surface area contributed by atoms with Gasteiger partial charge in [-0.1, -0.05) is 0 Å². The van der Waals surface area contributed by atoms with Gasteiger partial charge in [0.25, 0.3) is 5.56 Å². The zero-order chi connectivity index (χ0) is 13.3. The van der Waals surface area contributed by atoms with Crippen LogP contribution in [0.4, 0.5) is 0 Å². The Hall–Kier alpha value is -1.82. The molecule has 0 bridgehead atoms. The van der Waals surface area contributed by atoms with E-state index in [-0.39, 0.29) is 5.56 Å². The summed E-state index contributed by atoms with van der Waals surface area (Å²) in [7, 11) is 3.08. The van der Waals surface area contributed by atoms with Gasteiger partial charge in [-0.3, -0.25) is 9.36 Å². The number of hydrogen-bond donors (Lipinski definition) is 1. The lowest BCUT2D eigenvalue weighted by Gasteiger charge is -2.10. The molecule has 1 aromatic carbocycles. The molecule has 0 aliphatic heterocycles. The van der Waals surface area contributed by atoms with Gasteiger partial charge in [-0.25, -0.2) is 0 Å². The first-order valence-electron chi connectivity index (χ1n) is 5.51. The van der Waals surface area contributed by atoms with Crippen LogP contribution in [-0.4, -0.2) is 23.8 Å². The van der Waals surface area contributed by atoms with Gasteiger partial charge in [0.05, 0.1) is 25.1 Å². The number of H-pyrrole nitrogens is 1. The fraction of sp³-hybridized carbons (Fsp3) is 0.333. The number of aromatic amines is 1. The maximum atomic E-state index is 12.3. The van der Waals surface area contributed by atoms with Crippen LogP contribution in [0.2, 0.25) is 0 Å². The van der Waals surface area contributed by atoms with Crippen molar-refractivity contribution in [2.75, 3.05) is 14.2 Å². The fourth-order valence-corrected chi connectivity index (χ4v) is 2.18. The third-order valence-corrected chi connectivity index (χ3v) is 3.12. The largest absolute Gasteiger partial charge is 0.497 e. The summed E-state index contributed by atoms with van der Waals surface area (Å²) in [5.41, 5.74) is 0.450. The smallest absolute Gasteiger partial charge is 0.262 e. The Morgan fingerprint density at radius 3 is 2.61 bits per heavy atom. The highest BCUT2D eigenvalue weighted by molar-refractivity contribution is 7.71. The van der Waals surface area contributed by atoms with Gasteiger partial charge in [-0.2, -0.15) is 0 Å². The number of benzene rings is 1. The summed E-state index contributed by atoms with van der Waals surface area (Å²) in [6.07, 6.45) is 0. The van der Waals surface area contributed by atoms with Gasteiger partial charge < -0.3 is 14.5 Å². The summed E-state index contributed by atoms with van der Waals surface area (Å²) < 4.78 is 12.3. The van der Waals surface area contributed by atoms with E-state index in [0.29, 0.717) is 33.7 Å². The Kier molecular flexibility index (Phi) is 3.38. The second-order valence-electron chi connectivity index (χ2n) is 3.73. The summed E-state index contributed by atoms with van der Waals surface area (Å²) in [5.74, 6) is 1.11. The average Bonchev–Trinajstić information content (AvgIpc) is 2.38. The minimum Gasteiger partial charge on any atom is -0.497 e. The summed E-state index contributed by atoms with van der Waals surface area (Å²) in [6, 6.07) is 3.39. The standard InChI is InChI=1S/C12H14N2O3S/c1-4-14-11(15)8-5-7(16-2)6-9(17-3)10(8)13-12(14)18/h5-6H,4H2,1-3H3,(H,13,18). The molecule has 2 rings (SSSR count). The molecule has 0 aliphatic rings. The summed E-state index contributed by atoms with van der Waals surface area (Å²) in [6.45, 7) is 2.39. The molecule has 0 unspecified atom stereocenters. The molecule has 1 aromatic heterocycles. The van der Waals surface area contributed by atoms with E-state index in [4.69, 9.17) is 21.7 Å². The summed E-state index contributed by atoms with van der Waals surface area (Å²) in [4.78, 5) is 15.3. The monoisotopic (exact) mass is 266 g/mol. The molecule has 0 amide bonds.